The molecule has 0 spiro atoms. The van der Waals surface area contributed by atoms with Crippen LogP contribution < -0.4 is 16.6 Å². The van der Waals surface area contributed by atoms with Gasteiger partial charge in [0, 0.05) is 27.2 Å². The molecule has 3 rings (SSSR count). The fourth-order valence-corrected chi connectivity index (χ4v) is 5.39. The summed E-state index contributed by atoms with van der Waals surface area (Å²) >= 11 is 0. The number of carbonyl (C=O) groups is 1. The largest absolute Gasteiger partial charge is 0.352 e. The van der Waals surface area contributed by atoms with Gasteiger partial charge in [-0.1, -0.05) is 26.7 Å². The van der Waals surface area contributed by atoms with Crippen LogP contribution in [-0.2, 0) is 28.9 Å². The first-order valence-electron chi connectivity index (χ1n) is 10.4. The van der Waals surface area contributed by atoms with Gasteiger partial charge in [-0.15, -0.1) is 0 Å². The second-order valence-corrected chi connectivity index (χ2v) is 10.6. The molecule has 0 saturated heterocycles. The van der Waals surface area contributed by atoms with Crippen molar-refractivity contribution in [2.45, 2.75) is 44.0 Å². The zero-order valence-electron chi connectivity index (χ0n) is 18.6. The van der Waals surface area contributed by atoms with Gasteiger partial charge in [-0.3, -0.25) is 18.7 Å². The van der Waals surface area contributed by atoms with E-state index >= 15 is 0 Å². The van der Waals surface area contributed by atoms with Gasteiger partial charge in [0.05, 0.1) is 22.3 Å². The van der Waals surface area contributed by atoms with Gasteiger partial charge in [0.1, 0.15) is 0 Å². The Labute approximate surface area is 181 Å². The molecule has 10 heteroatoms. The molecular weight excluding hydrogens is 420 g/mol. The predicted molar refractivity (Wildman–Crippen MR) is 118 cm³/mol. The number of nitrogens with zero attached hydrogens (tertiary/aromatic N) is 3. The Morgan fingerprint density at radius 2 is 1.84 bits per heavy atom. The number of fused-ring (bicyclic) bond motifs is 1. The van der Waals surface area contributed by atoms with Crippen LogP contribution in [0.1, 0.15) is 33.1 Å². The Morgan fingerprint density at radius 1 is 1.16 bits per heavy atom. The van der Waals surface area contributed by atoms with Crippen LogP contribution in [0.15, 0.2) is 32.7 Å². The summed E-state index contributed by atoms with van der Waals surface area (Å²) in [7, 11) is 0.190. The summed E-state index contributed by atoms with van der Waals surface area (Å²) in [6, 6.07) is 4.07. The second kappa shape index (κ2) is 8.58. The highest BCUT2D eigenvalue weighted by molar-refractivity contribution is 7.89. The van der Waals surface area contributed by atoms with Crippen molar-refractivity contribution in [3.05, 3.63) is 39.0 Å². The summed E-state index contributed by atoms with van der Waals surface area (Å²) in [4.78, 5) is 37.0. The topological polar surface area (TPSA) is 110 Å². The maximum atomic E-state index is 13.0. The van der Waals surface area contributed by atoms with Crippen LogP contribution in [0.5, 0.6) is 0 Å². The average molecular weight is 451 g/mol. The van der Waals surface area contributed by atoms with E-state index in [1.165, 1.54) is 43.9 Å². The number of carbonyl (C=O) groups excluding carboxylic acids is 1. The van der Waals surface area contributed by atoms with Gasteiger partial charge in [0.25, 0.3) is 5.56 Å². The van der Waals surface area contributed by atoms with Crippen molar-refractivity contribution in [2.75, 3.05) is 13.6 Å². The van der Waals surface area contributed by atoms with Crippen molar-refractivity contribution in [3.8, 4) is 0 Å². The first-order valence-corrected chi connectivity index (χ1v) is 11.8. The fourth-order valence-electron chi connectivity index (χ4n) is 4.24. The minimum atomic E-state index is -4.01. The van der Waals surface area contributed by atoms with Crippen LogP contribution in [0.2, 0.25) is 0 Å². The fraction of sp³-hybridized carbons (Fsp3) is 0.571. The summed E-state index contributed by atoms with van der Waals surface area (Å²) < 4.78 is 29.3. The van der Waals surface area contributed by atoms with Crippen LogP contribution in [0, 0.1) is 11.8 Å². The first-order chi connectivity index (χ1) is 14.4. The Morgan fingerprint density at radius 3 is 2.52 bits per heavy atom. The van der Waals surface area contributed by atoms with Crippen molar-refractivity contribution < 1.29 is 13.2 Å². The number of aromatic nitrogens is 2. The number of likely N-dealkylation sites (N-methyl/N-ethyl adjacent to an activating group) is 1. The van der Waals surface area contributed by atoms with E-state index in [2.05, 4.69) is 19.2 Å². The molecule has 1 amide bonds. The minimum Gasteiger partial charge on any atom is -0.352 e. The number of rotatable bonds is 5. The molecule has 9 nitrogen and oxygen atoms in total. The van der Waals surface area contributed by atoms with E-state index in [4.69, 9.17) is 0 Å². The molecule has 0 bridgehead atoms. The lowest BCUT2D eigenvalue weighted by atomic mass is 9.78. The number of nitrogens with one attached hydrogen (secondary N) is 1. The molecule has 1 aromatic carbocycles. The molecule has 1 heterocycles. The highest BCUT2D eigenvalue weighted by Crippen LogP contribution is 2.29. The molecule has 0 radical (unpaired) electrons. The molecular formula is C21H30N4O5S. The normalized spacial score (nSPS) is 22.1. The minimum absolute atomic E-state index is 0.0392. The van der Waals surface area contributed by atoms with Crippen LogP contribution in [0.25, 0.3) is 10.9 Å². The zero-order chi connectivity index (χ0) is 23.1. The van der Waals surface area contributed by atoms with Crippen LogP contribution in [0.4, 0.5) is 0 Å². The van der Waals surface area contributed by atoms with E-state index < -0.39 is 21.3 Å². The Bertz CT molecular complexity index is 1230. The molecule has 1 N–H and O–H groups in total. The Balaban J connectivity index is 1.84. The predicted octanol–water partition coefficient (Wildman–Crippen LogP) is 0.799. The second-order valence-electron chi connectivity index (χ2n) is 8.59. The van der Waals surface area contributed by atoms with Gasteiger partial charge in [0.15, 0.2) is 0 Å². The van der Waals surface area contributed by atoms with Crippen LogP contribution in [-0.4, -0.2) is 47.4 Å². The Hall–Kier alpha value is -2.46. The molecule has 1 aromatic heterocycles. The molecule has 31 heavy (non-hydrogen) atoms. The van der Waals surface area contributed by atoms with Crippen molar-refractivity contribution in [1.29, 1.82) is 0 Å². The zero-order valence-corrected chi connectivity index (χ0v) is 19.4. The van der Waals surface area contributed by atoms with E-state index in [9.17, 15) is 22.8 Å². The van der Waals surface area contributed by atoms with Crippen molar-refractivity contribution in [3.63, 3.8) is 0 Å². The van der Waals surface area contributed by atoms with E-state index in [1.54, 1.807) is 0 Å². The lowest BCUT2D eigenvalue weighted by Crippen LogP contribution is -2.47. The maximum Gasteiger partial charge on any atom is 0.330 e. The molecule has 1 aliphatic carbocycles. The number of benzene rings is 1. The molecule has 0 aliphatic heterocycles. The van der Waals surface area contributed by atoms with Crippen LogP contribution in [0.3, 0.4) is 0 Å². The molecule has 170 valence electrons. The van der Waals surface area contributed by atoms with Gasteiger partial charge in [0.2, 0.25) is 15.9 Å². The molecule has 2 aromatic rings. The van der Waals surface area contributed by atoms with Gasteiger partial charge < -0.3 is 5.32 Å². The molecule has 1 saturated carbocycles. The summed E-state index contributed by atoms with van der Waals surface area (Å²) in [6.07, 6.45) is 3.06. The quantitative estimate of drug-likeness (QED) is 0.724. The SMILES string of the molecule is C[C@@H]1[C@H](C)CCC[C@H]1NC(=O)CN(C)S(=O)(=O)c1ccc2c(c1)c(=O)n(C)c(=O)n2C. The molecule has 3 atom stereocenters. The highest BCUT2D eigenvalue weighted by Gasteiger charge is 2.30. The summed E-state index contributed by atoms with van der Waals surface area (Å²) in [5.74, 6) is 0.496. The first kappa shape index (κ1) is 23.2. The molecule has 0 unspecified atom stereocenters. The number of aryl methyl sites for hydroxylation is 1. The lowest BCUT2D eigenvalue weighted by Gasteiger charge is -2.34. The highest BCUT2D eigenvalue weighted by atomic mass is 32.2. The number of sulfonamides is 1. The summed E-state index contributed by atoms with van der Waals surface area (Å²) in [5.41, 5.74) is -0.725. The smallest absolute Gasteiger partial charge is 0.330 e. The molecule has 1 fully saturated rings. The lowest BCUT2D eigenvalue weighted by molar-refractivity contribution is -0.122. The van der Waals surface area contributed by atoms with Crippen molar-refractivity contribution >= 4 is 26.8 Å². The summed E-state index contributed by atoms with van der Waals surface area (Å²) in [5, 5.41) is 3.10. The maximum absolute atomic E-state index is 13.0. The van der Waals surface area contributed by atoms with E-state index in [0.29, 0.717) is 17.4 Å². The van der Waals surface area contributed by atoms with Gasteiger partial charge in [-0.2, -0.15) is 4.31 Å². The van der Waals surface area contributed by atoms with Crippen molar-refractivity contribution in [1.82, 2.24) is 18.8 Å². The van der Waals surface area contributed by atoms with Gasteiger partial charge in [-0.05, 0) is 36.5 Å². The van der Waals surface area contributed by atoms with Gasteiger partial charge >= 0.3 is 5.69 Å². The van der Waals surface area contributed by atoms with E-state index in [-0.39, 0.29) is 28.8 Å². The molecule has 1 aliphatic rings. The van der Waals surface area contributed by atoms with E-state index in [0.717, 1.165) is 28.1 Å². The van der Waals surface area contributed by atoms with E-state index in [1.807, 2.05) is 0 Å². The number of amides is 1. The monoisotopic (exact) mass is 450 g/mol. The van der Waals surface area contributed by atoms with Gasteiger partial charge in [-0.25, -0.2) is 13.2 Å². The standard InChI is InChI=1S/C21H30N4O5S/c1-13-7-6-8-17(14(13)2)22-19(26)12-23(3)31(29,30)15-9-10-18-16(11-15)20(27)25(5)21(28)24(18)4/h9-11,13-14,17H,6-8,12H2,1-5H3,(H,22,26)/t13-,14-,17-/m1/s1. The average Bonchev–Trinajstić information content (AvgIpc) is 2.73. The van der Waals surface area contributed by atoms with Crippen molar-refractivity contribution in [2.24, 2.45) is 25.9 Å². The third-order valence-corrected chi connectivity index (χ3v) is 8.37. The number of hydrogen-bond donors (Lipinski definition) is 1. The Kier molecular flexibility index (Phi) is 6.43. The third-order valence-electron chi connectivity index (χ3n) is 6.57. The number of hydrogen-bond acceptors (Lipinski definition) is 5. The summed E-state index contributed by atoms with van der Waals surface area (Å²) in [6.45, 7) is 3.96. The van der Waals surface area contributed by atoms with Crippen LogP contribution >= 0.6 is 0 Å². The third kappa shape index (κ3) is 4.31.